The van der Waals surface area contributed by atoms with Gasteiger partial charge in [0.05, 0.1) is 0 Å². The summed E-state index contributed by atoms with van der Waals surface area (Å²) in [6.45, 7) is 2.06. The van der Waals surface area contributed by atoms with Crippen molar-refractivity contribution in [2.45, 2.75) is 13.3 Å². The van der Waals surface area contributed by atoms with Crippen LogP contribution >= 0.6 is 0 Å². The molecule has 0 spiro atoms. The topological polar surface area (TPSA) is 67.6 Å². The van der Waals surface area contributed by atoms with Gasteiger partial charge in [0, 0.05) is 11.3 Å². The lowest BCUT2D eigenvalue weighted by Gasteiger charge is -2.00. The van der Waals surface area contributed by atoms with E-state index in [4.69, 9.17) is 5.73 Å². The fourth-order valence-electron chi connectivity index (χ4n) is 1.35. The molecule has 1 aromatic heterocycles. The Bertz CT molecular complexity index is 404. The van der Waals surface area contributed by atoms with Crippen LogP contribution in [0.25, 0.3) is 11.0 Å². The van der Waals surface area contributed by atoms with E-state index in [-0.39, 0.29) is 0 Å². The van der Waals surface area contributed by atoms with Crippen LogP contribution in [0, 0.1) is 0 Å². The molecule has 0 bridgehead atoms. The van der Waals surface area contributed by atoms with Crippen molar-refractivity contribution in [2.75, 3.05) is 5.73 Å². The highest BCUT2D eigenvalue weighted by Gasteiger charge is 2.05. The van der Waals surface area contributed by atoms with Gasteiger partial charge in [0.1, 0.15) is 11.0 Å². The van der Waals surface area contributed by atoms with Gasteiger partial charge in [0.25, 0.3) is 0 Å². The van der Waals surface area contributed by atoms with Crippen LogP contribution in [0.15, 0.2) is 12.1 Å². The number of nitrogens with one attached hydrogen (secondary N) is 1. The number of nitrogens with zero attached hydrogens (tertiary/aromatic N) is 2. The summed E-state index contributed by atoms with van der Waals surface area (Å²) < 4.78 is 0. The number of fused-ring (bicyclic) bond motifs is 1. The number of H-pyrrole nitrogens is 1. The molecule has 1 heterocycles. The minimum Gasteiger partial charge on any atom is -0.398 e. The first-order valence-corrected chi connectivity index (χ1v) is 3.90. The molecule has 2 aromatic rings. The molecule has 3 N–H and O–H groups in total. The van der Waals surface area contributed by atoms with Crippen molar-refractivity contribution in [3.63, 3.8) is 0 Å². The molecule has 1 aromatic carbocycles. The molecule has 4 heteroatoms. The third-order valence-electron chi connectivity index (χ3n) is 1.98. The van der Waals surface area contributed by atoms with Gasteiger partial charge in [0.2, 0.25) is 0 Å². The number of hydrogen-bond acceptors (Lipinski definition) is 3. The zero-order chi connectivity index (χ0) is 8.55. The molecule has 0 aliphatic rings. The second kappa shape index (κ2) is 2.48. The van der Waals surface area contributed by atoms with E-state index >= 15 is 0 Å². The molecule has 0 saturated carbocycles. The summed E-state index contributed by atoms with van der Waals surface area (Å²) in [4.78, 5) is 0. The lowest BCUT2D eigenvalue weighted by atomic mass is 10.1. The van der Waals surface area contributed by atoms with Crippen molar-refractivity contribution in [1.82, 2.24) is 15.4 Å². The predicted molar refractivity (Wildman–Crippen MR) is 47.7 cm³/mol. The van der Waals surface area contributed by atoms with Gasteiger partial charge in [-0.25, -0.2) is 0 Å². The van der Waals surface area contributed by atoms with E-state index in [1.54, 1.807) is 0 Å². The standard InChI is InChI=1S/C8H10N4/c1-2-5-6(9)3-4-7-8(5)11-12-10-7/h3-4H,2,9H2,1H3,(H,10,11,12). The van der Waals surface area contributed by atoms with Crippen LogP contribution in [0.5, 0.6) is 0 Å². The second-order valence-corrected chi connectivity index (χ2v) is 2.68. The SMILES string of the molecule is CCc1c(N)ccc2n[nH]nc12. The fourth-order valence-corrected chi connectivity index (χ4v) is 1.35. The highest BCUT2D eigenvalue weighted by Crippen LogP contribution is 2.20. The van der Waals surface area contributed by atoms with Gasteiger partial charge in [-0.15, -0.1) is 0 Å². The van der Waals surface area contributed by atoms with Crippen molar-refractivity contribution in [2.24, 2.45) is 0 Å². The van der Waals surface area contributed by atoms with Crippen LogP contribution in [0.4, 0.5) is 5.69 Å². The molecule has 0 saturated heterocycles. The van der Waals surface area contributed by atoms with Crippen molar-refractivity contribution in [3.05, 3.63) is 17.7 Å². The summed E-state index contributed by atoms with van der Waals surface area (Å²) in [7, 11) is 0. The number of hydrogen-bond donors (Lipinski definition) is 2. The molecular weight excluding hydrogens is 152 g/mol. The Kier molecular flexibility index (Phi) is 1.46. The van der Waals surface area contributed by atoms with Gasteiger partial charge in [-0.05, 0) is 18.6 Å². The first-order valence-electron chi connectivity index (χ1n) is 3.90. The lowest BCUT2D eigenvalue weighted by Crippen LogP contribution is -1.93. The quantitative estimate of drug-likeness (QED) is 0.617. The van der Waals surface area contributed by atoms with Gasteiger partial charge in [-0.1, -0.05) is 6.92 Å². The van der Waals surface area contributed by atoms with Crippen LogP contribution in [-0.2, 0) is 6.42 Å². The normalized spacial score (nSPS) is 10.8. The average molecular weight is 162 g/mol. The molecule has 0 radical (unpaired) electrons. The Morgan fingerprint density at radius 3 is 3.00 bits per heavy atom. The molecule has 4 nitrogen and oxygen atoms in total. The zero-order valence-corrected chi connectivity index (χ0v) is 6.83. The van der Waals surface area contributed by atoms with E-state index in [2.05, 4.69) is 22.3 Å². The van der Waals surface area contributed by atoms with Gasteiger partial charge in [-0.3, -0.25) is 0 Å². The molecule has 0 aliphatic heterocycles. The first-order chi connectivity index (χ1) is 5.83. The maximum Gasteiger partial charge on any atom is 0.118 e. The van der Waals surface area contributed by atoms with Gasteiger partial charge < -0.3 is 5.73 Å². The Labute approximate surface area is 69.8 Å². The molecular formula is C8H10N4. The maximum absolute atomic E-state index is 5.77. The molecule has 12 heavy (non-hydrogen) atoms. The van der Waals surface area contributed by atoms with E-state index in [0.29, 0.717) is 0 Å². The summed E-state index contributed by atoms with van der Waals surface area (Å²) in [6, 6.07) is 3.73. The highest BCUT2D eigenvalue weighted by atomic mass is 15.3. The number of nitrogen functional groups attached to an aromatic ring is 1. The van der Waals surface area contributed by atoms with Crippen molar-refractivity contribution in [3.8, 4) is 0 Å². The molecule has 0 unspecified atom stereocenters. The lowest BCUT2D eigenvalue weighted by molar-refractivity contribution is 0.956. The summed E-state index contributed by atoms with van der Waals surface area (Å²) in [6.07, 6.45) is 0.885. The van der Waals surface area contributed by atoms with Crippen molar-refractivity contribution < 1.29 is 0 Å². The number of nitrogens with two attached hydrogens (primary N) is 1. The number of aryl methyl sites for hydroxylation is 1. The smallest absolute Gasteiger partial charge is 0.118 e. The highest BCUT2D eigenvalue weighted by molar-refractivity contribution is 5.82. The molecule has 0 amide bonds. The number of aromatic amines is 1. The molecule has 62 valence electrons. The fraction of sp³-hybridized carbons (Fsp3) is 0.250. The second-order valence-electron chi connectivity index (χ2n) is 2.68. The molecule has 0 aliphatic carbocycles. The van der Waals surface area contributed by atoms with Crippen LogP contribution in [0.3, 0.4) is 0 Å². The third kappa shape index (κ3) is 0.845. The number of anilines is 1. The third-order valence-corrected chi connectivity index (χ3v) is 1.98. The predicted octanol–water partition coefficient (Wildman–Crippen LogP) is 1.10. The molecule has 0 atom stereocenters. The van der Waals surface area contributed by atoms with E-state index in [0.717, 1.165) is 28.7 Å². The van der Waals surface area contributed by atoms with E-state index in [1.807, 2.05) is 12.1 Å². The van der Waals surface area contributed by atoms with E-state index in [9.17, 15) is 0 Å². The van der Waals surface area contributed by atoms with Gasteiger partial charge in [-0.2, -0.15) is 15.4 Å². The Morgan fingerprint density at radius 1 is 1.42 bits per heavy atom. The zero-order valence-electron chi connectivity index (χ0n) is 6.83. The summed E-state index contributed by atoms with van der Waals surface area (Å²) >= 11 is 0. The molecule has 2 rings (SSSR count). The minimum atomic E-state index is 0.791. The molecule has 0 fully saturated rings. The number of benzene rings is 1. The monoisotopic (exact) mass is 162 g/mol. The van der Waals surface area contributed by atoms with E-state index in [1.165, 1.54) is 0 Å². The Morgan fingerprint density at radius 2 is 2.25 bits per heavy atom. The maximum atomic E-state index is 5.77. The average Bonchev–Trinajstić information content (AvgIpc) is 2.52. The van der Waals surface area contributed by atoms with E-state index < -0.39 is 0 Å². The summed E-state index contributed by atoms with van der Waals surface area (Å²) in [5.41, 5.74) is 9.40. The minimum absolute atomic E-state index is 0.791. The number of aromatic nitrogens is 3. The Balaban J connectivity index is 2.83. The first kappa shape index (κ1) is 7.09. The summed E-state index contributed by atoms with van der Waals surface area (Å²) in [5.74, 6) is 0. The van der Waals surface area contributed by atoms with Gasteiger partial charge >= 0.3 is 0 Å². The van der Waals surface area contributed by atoms with Crippen LogP contribution < -0.4 is 5.73 Å². The van der Waals surface area contributed by atoms with Crippen LogP contribution in [0.1, 0.15) is 12.5 Å². The van der Waals surface area contributed by atoms with Crippen LogP contribution in [0.2, 0.25) is 0 Å². The van der Waals surface area contributed by atoms with Crippen molar-refractivity contribution in [1.29, 1.82) is 0 Å². The number of rotatable bonds is 1. The van der Waals surface area contributed by atoms with Crippen molar-refractivity contribution >= 4 is 16.7 Å². The largest absolute Gasteiger partial charge is 0.398 e. The Hall–Kier alpha value is -1.58. The van der Waals surface area contributed by atoms with Crippen LogP contribution in [-0.4, -0.2) is 15.4 Å². The summed E-state index contributed by atoms with van der Waals surface area (Å²) in [5, 5.41) is 10.6. The van der Waals surface area contributed by atoms with Gasteiger partial charge in [0.15, 0.2) is 0 Å².